The molecule has 0 aliphatic heterocycles. The zero-order chi connectivity index (χ0) is 21.0. The van der Waals surface area contributed by atoms with E-state index >= 15 is 0 Å². The molecule has 0 saturated heterocycles. The first-order valence-corrected chi connectivity index (χ1v) is 9.88. The van der Waals surface area contributed by atoms with E-state index in [4.69, 9.17) is 0 Å². The first kappa shape index (κ1) is 20.5. The van der Waals surface area contributed by atoms with Crippen molar-refractivity contribution in [1.29, 1.82) is 5.26 Å². The molecule has 1 heterocycles. The highest BCUT2D eigenvalue weighted by molar-refractivity contribution is 7.16. The summed E-state index contributed by atoms with van der Waals surface area (Å²) in [6.07, 6.45) is 2.21. The highest BCUT2D eigenvalue weighted by Crippen LogP contribution is 2.33. The average molecular weight is 413 g/mol. The lowest BCUT2D eigenvalue weighted by Crippen LogP contribution is -2.30. The van der Waals surface area contributed by atoms with Gasteiger partial charge in [-0.15, -0.1) is 0 Å². The largest absolute Gasteiger partial charge is 0.481 e. The summed E-state index contributed by atoms with van der Waals surface area (Å²) in [5.41, 5.74) is 1.43. The van der Waals surface area contributed by atoms with Crippen LogP contribution in [-0.2, 0) is 14.3 Å². The number of amides is 1. The van der Waals surface area contributed by atoms with Gasteiger partial charge < -0.3 is 15.2 Å². The van der Waals surface area contributed by atoms with Crippen LogP contribution in [0.3, 0.4) is 0 Å². The predicted molar refractivity (Wildman–Crippen MR) is 105 cm³/mol. The lowest BCUT2D eigenvalue weighted by molar-refractivity contribution is -0.143. The lowest BCUT2D eigenvalue weighted by Gasteiger charge is -2.25. The van der Waals surface area contributed by atoms with Crippen LogP contribution in [0.1, 0.15) is 40.9 Å². The SMILES string of the molecule is COC(=O)c1ccc(-c2nc(NC(=O)C3CCCC(C(=O)O)C3)sc2C#N)cc1. The van der Waals surface area contributed by atoms with E-state index < -0.39 is 17.9 Å². The van der Waals surface area contributed by atoms with E-state index in [0.29, 0.717) is 47.4 Å². The second-order valence-electron chi connectivity index (χ2n) is 6.77. The Balaban J connectivity index is 1.76. The molecule has 2 aromatic rings. The molecule has 1 amide bonds. The fourth-order valence-electron chi connectivity index (χ4n) is 3.39. The van der Waals surface area contributed by atoms with Crippen LogP contribution in [0.15, 0.2) is 24.3 Å². The summed E-state index contributed by atoms with van der Waals surface area (Å²) in [5, 5.41) is 21.6. The summed E-state index contributed by atoms with van der Waals surface area (Å²) in [6.45, 7) is 0. The first-order chi connectivity index (χ1) is 13.9. The van der Waals surface area contributed by atoms with Crippen molar-refractivity contribution in [3.8, 4) is 17.3 Å². The number of rotatable bonds is 5. The zero-order valence-electron chi connectivity index (χ0n) is 15.7. The number of nitrogens with one attached hydrogen (secondary N) is 1. The maximum Gasteiger partial charge on any atom is 0.337 e. The third-order valence-corrected chi connectivity index (χ3v) is 5.81. The molecular weight excluding hydrogens is 394 g/mol. The molecular formula is C20H19N3O5S. The molecule has 1 aliphatic carbocycles. The summed E-state index contributed by atoms with van der Waals surface area (Å²) in [6, 6.07) is 8.55. The van der Waals surface area contributed by atoms with Gasteiger partial charge in [0, 0.05) is 11.5 Å². The first-order valence-electron chi connectivity index (χ1n) is 9.06. The summed E-state index contributed by atoms with van der Waals surface area (Å²) in [4.78, 5) is 40.0. The maximum absolute atomic E-state index is 12.6. The minimum atomic E-state index is -0.874. The molecule has 1 aliphatic rings. The number of anilines is 1. The van der Waals surface area contributed by atoms with Crippen LogP contribution in [0.5, 0.6) is 0 Å². The van der Waals surface area contributed by atoms with Gasteiger partial charge in [-0.3, -0.25) is 9.59 Å². The number of benzene rings is 1. The van der Waals surface area contributed by atoms with E-state index in [0.717, 1.165) is 11.3 Å². The zero-order valence-corrected chi connectivity index (χ0v) is 16.5. The van der Waals surface area contributed by atoms with Gasteiger partial charge in [0.2, 0.25) is 5.91 Å². The number of aromatic nitrogens is 1. The number of ether oxygens (including phenoxy) is 1. The lowest BCUT2D eigenvalue weighted by atomic mass is 9.81. The Bertz CT molecular complexity index is 977. The van der Waals surface area contributed by atoms with Crippen LogP contribution in [0.25, 0.3) is 11.3 Å². The molecule has 1 fully saturated rings. The second kappa shape index (κ2) is 8.84. The number of esters is 1. The molecule has 8 nitrogen and oxygen atoms in total. The van der Waals surface area contributed by atoms with Crippen LogP contribution < -0.4 is 5.32 Å². The Morgan fingerprint density at radius 2 is 1.93 bits per heavy atom. The normalized spacial score (nSPS) is 18.5. The van der Waals surface area contributed by atoms with Gasteiger partial charge in [0.25, 0.3) is 0 Å². The number of nitrogens with zero attached hydrogens (tertiary/aromatic N) is 2. The van der Waals surface area contributed by atoms with Crippen molar-refractivity contribution < 1.29 is 24.2 Å². The molecule has 2 atom stereocenters. The van der Waals surface area contributed by atoms with E-state index in [1.807, 2.05) is 0 Å². The topological polar surface area (TPSA) is 129 Å². The van der Waals surface area contributed by atoms with Crippen molar-refractivity contribution in [3.05, 3.63) is 34.7 Å². The molecule has 1 aromatic heterocycles. The third kappa shape index (κ3) is 4.60. The van der Waals surface area contributed by atoms with Crippen molar-refractivity contribution in [3.63, 3.8) is 0 Å². The number of carbonyl (C=O) groups excluding carboxylic acids is 2. The van der Waals surface area contributed by atoms with Gasteiger partial charge in [-0.25, -0.2) is 9.78 Å². The molecule has 9 heteroatoms. The molecule has 150 valence electrons. The summed E-state index contributed by atoms with van der Waals surface area (Å²) in [7, 11) is 1.30. The number of hydrogen-bond acceptors (Lipinski definition) is 7. The van der Waals surface area contributed by atoms with Gasteiger partial charge in [-0.1, -0.05) is 29.9 Å². The van der Waals surface area contributed by atoms with Gasteiger partial charge >= 0.3 is 11.9 Å². The Labute approximate surface area is 171 Å². The van der Waals surface area contributed by atoms with Gasteiger partial charge in [0.05, 0.1) is 18.6 Å². The van der Waals surface area contributed by atoms with Gasteiger partial charge in [0.15, 0.2) is 5.13 Å². The summed E-state index contributed by atoms with van der Waals surface area (Å²) < 4.78 is 4.67. The van der Waals surface area contributed by atoms with Crippen LogP contribution >= 0.6 is 11.3 Å². The van der Waals surface area contributed by atoms with Gasteiger partial charge in [-0.05, 0) is 31.4 Å². The number of carboxylic acids is 1. The van der Waals surface area contributed by atoms with Crippen molar-refractivity contribution in [2.45, 2.75) is 25.7 Å². The standard InChI is InChI=1S/C20H19N3O5S/c1-28-19(27)12-7-5-11(6-8-12)16-15(10-21)29-20(22-16)23-17(24)13-3-2-4-14(9-13)18(25)26/h5-8,13-14H,2-4,9H2,1H3,(H,25,26)(H,22,23,24). The van der Waals surface area contributed by atoms with E-state index in [9.17, 15) is 24.8 Å². The molecule has 0 bridgehead atoms. The van der Waals surface area contributed by atoms with E-state index in [-0.39, 0.29) is 17.0 Å². The van der Waals surface area contributed by atoms with E-state index in [2.05, 4.69) is 21.1 Å². The number of nitriles is 1. The summed E-state index contributed by atoms with van der Waals surface area (Å²) in [5.74, 6) is -2.50. The van der Waals surface area contributed by atoms with Crippen molar-refractivity contribution in [2.24, 2.45) is 11.8 Å². The van der Waals surface area contributed by atoms with Crippen LogP contribution in [0.4, 0.5) is 5.13 Å². The third-order valence-electron chi connectivity index (χ3n) is 4.93. The Morgan fingerprint density at radius 3 is 2.55 bits per heavy atom. The maximum atomic E-state index is 12.6. The van der Waals surface area contributed by atoms with Crippen LogP contribution in [0.2, 0.25) is 0 Å². The highest BCUT2D eigenvalue weighted by atomic mass is 32.1. The van der Waals surface area contributed by atoms with Crippen molar-refractivity contribution in [2.75, 3.05) is 12.4 Å². The minimum Gasteiger partial charge on any atom is -0.481 e. The number of aliphatic carboxylic acids is 1. The Morgan fingerprint density at radius 1 is 1.24 bits per heavy atom. The smallest absolute Gasteiger partial charge is 0.337 e. The van der Waals surface area contributed by atoms with Crippen molar-refractivity contribution >= 4 is 34.3 Å². The van der Waals surface area contributed by atoms with Crippen LogP contribution in [0, 0.1) is 23.2 Å². The monoisotopic (exact) mass is 413 g/mol. The van der Waals surface area contributed by atoms with E-state index in [1.165, 1.54) is 7.11 Å². The summed E-state index contributed by atoms with van der Waals surface area (Å²) >= 11 is 1.06. The van der Waals surface area contributed by atoms with E-state index in [1.54, 1.807) is 24.3 Å². The Hall–Kier alpha value is -3.25. The van der Waals surface area contributed by atoms with Crippen molar-refractivity contribution in [1.82, 2.24) is 4.98 Å². The predicted octanol–water partition coefficient (Wildman–Crippen LogP) is 3.30. The number of hydrogen-bond donors (Lipinski definition) is 2. The highest BCUT2D eigenvalue weighted by Gasteiger charge is 2.31. The molecule has 1 saturated carbocycles. The average Bonchev–Trinajstić information content (AvgIpc) is 3.16. The molecule has 29 heavy (non-hydrogen) atoms. The number of carbonyl (C=O) groups is 3. The molecule has 2 unspecified atom stereocenters. The number of methoxy groups -OCH3 is 1. The van der Waals surface area contributed by atoms with Gasteiger partial charge in [0.1, 0.15) is 16.6 Å². The fourth-order valence-corrected chi connectivity index (χ4v) is 4.17. The molecule has 0 radical (unpaired) electrons. The second-order valence-corrected chi connectivity index (χ2v) is 7.76. The Kier molecular flexibility index (Phi) is 6.24. The van der Waals surface area contributed by atoms with Crippen LogP contribution in [-0.4, -0.2) is 35.0 Å². The fraction of sp³-hybridized carbons (Fsp3) is 0.350. The van der Waals surface area contributed by atoms with Gasteiger partial charge in [-0.2, -0.15) is 5.26 Å². The molecule has 3 rings (SSSR count). The number of thiazole rings is 1. The molecule has 0 spiro atoms. The molecule has 1 aromatic carbocycles. The number of carboxylic acid groups (broad SMARTS) is 1. The molecule has 2 N–H and O–H groups in total. The minimum absolute atomic E-state index is 0.276. The quantitative estimate of drug-likeness (QED) is 0.719.